The van der Waals surface area contributed by atoms with Crippen LogP contribution in [0, 0.1) is 5.92 Å². The van der Waals surface area contributed by atoms with E-state index in [1.54, 1.807) is 13.0 Å². The number of hydrogen-bond donors (Lipinski definition) is 0. The average molecular weight is 227 g/mol. The molecule has 0 heterocycles. The first-order valence-corrected chi connectivity index (χ1v) is 5.44. The third-order valence-corrected chi connectivity index (χ3v) is 2.10. The molecule has 0 aromatic heterocycles. The zero-order valence-corrected chi connectivity index (χ0v) is 10.5. The summed E-state index contributed by atoms with van der Waals surface area (Å²) in [6.45, 7) is 11.3. The number of nitrogens with zero attached hydrogens (tertiary/aromatic N) is 1. The standard InChI is InChI=1S/C12H21NO3/c1-6-7-13(11(5)14)10(4)12(15)16-8-9(2)3/h6,9-10H,1,7-8H2,2-5H3. The van der Waals surface area contributed by atoms with Crippen LogP contribution in [0.2, 0.25) is 0 Å². The van der Waals surface area contributed by atoms with Crippen LogP contribution < -0.4 is 0 Å². The van der Waals surface area contributed by atoms with Crippen LogP contribution in [0.1, 0.15) is 27.7 Å². The first-order valence-electron chi connectivity index (χ1n) is 5.44. The summed E-state index contributed by atoms with van der Waals surface area (Å²) in [6.07, 6.45) is 1.59. The Morgan fingerprint density at radius 3 is 2.31 bits per heavy atom. The van der Waals surface area contributed by atoms with Gasteiger partial charge in [-0.25, -0.2) is 4.79 Å². The lowest BCUT2D eigenvalue weighted by Gasteiger charge is -2.25. The Hall–Kier alpha value is -1.32. The monoisotopic (exact) mass is 227 g/mol. The molecule has 0 rings (SSSR count). The van der Waals surface area contributed by atoms with Crippen molar-refractivity contribution < 1.29 is 14.3 Å². The van der Waals surface area contributed by atoms with E-state index in [9.17, 15) is 9.59 Å². The van der Waals surface area contributed by atoms with Crippen molar-refractivity contribution in [2.75, 3.05) is 13.2 Å². The van der Waals surface area contributed by atoms with Crippen LogP contribution in [0.15, 0.2) is 12.7 Å². The van der Waals surface area contributed by atoms with Crippen LogP contribution in [0.4, 0.5) is 0 Å². The van der Waals surface area contributed by atoms with Crippen molar-refractivity contribution in [2.24, 2.45) is 5.92 Å². The van der Waals surface area contributed by atoms with Gasteiger partial charge in [-0.2, -0.15) is 0 Å². The van der Waals surface area contributed by atoms with E-state index >= 15 is 0 Å². The molecule has 0 spiro atoms. The van der Waals surface area contributed by atoms with Gasteiger partial charge in [0, 0.05) is 13.5 Å². The van der Waals surface area contributed by atoms with Gasteiger partial charge in [0.2, 0.25) is 5.91 Å². The minimum Gasteiger partial charge on any atom is -0.464 e. The molecule has 4 nitrogen and oxygen atoms in total. The van der Waals surface area contributed by atoms with Crippen LogP contribution in [0.3, 0.4) is 0 Å². The molecule has 0 saturated carbocycles. The van der Waals surface area contributed by atoms with E-state index in [-0.39, 0.29) is 11.9 Å². The molecule has 0 aliphatic rings. The topological polar surface area (TPSA) is 46.6 Å². The van der Waals surface area contributed by atoms with Gasteiger partial charge in [0.1, 0.15) is 6.04 Å². The van der Waals surface area contributed by atoms with Gasteiger partial charge in [0.05, 0.1) is 6.61 Å². The fraction of sp³-hybridized carbons (Fsp3) is 0.667. The largest absolute Gasteiger partial charge is 0.464 e. The third-order valence-electron chi connectivity index (χ3n) is 2.10. The first kappa shape index (κ1) is 14.7. The summed E-state index contributed by atoms with van der Waals surface area (Å²) in [4.78, 5) is 24.3. The lowest BCUT2D eigenvalue weighted by Crippen LogP contribution is -2.43. The molecule has 0 aliphatic carbocycles. The van der Waals surface area contributed by atoms with Crippen LogP contribution in [0.25, 0.3) is 0 Å². The molecule has 92 valence electrons. The van der Waals surface area contributed by atoms with Crippen molar-refractivity contribution in [1.29, 1.82) is 0 Å². The Morgan fingerprint density at radius 2 is 1.94 bits per heavy atom. The van der Waals surface area contributed by atoms with Crippen molar-refractivity contribution in [3.05, 3.63) is 12.7 Å². The number of ether oxygens (including phenoxy) is 1. The van der Waals surface area contributed by atoms with Crippen LogP contribution >= 0.6 is 0 Å². The van der Waals surface area contributed by atoms with Gasteiger partial charge in [0.15, 0.2) is 0 Å². The zero-order chi connectivity index (χ0) is 12.7. The van der Waals surface area contributed by atoms with Crippen molar-refractivity contribution in [2.45, 2.75) is 33.7 Å². The van der Waals surface area contributed by atoms with Crippen LogP contribution in [0.5, 0.6) is 0 Å². The lowest BCUT2D eigenvalue weighted by molar-refractivity contribution is -0.154. The molecule has 0 aromatic carbocycles. The van der Waals surface area contributed by atoms with Gasteiger partial charge in [-0.05, 0) is 12.8 Å². The molecule has 0 radical (unpaired) electrons. The highest BCUT2D eigenvalue weighted by Gasteiger charge is 2.23. The minimum atomic E-state index is -0.561. The van der Waals surface area contributed by atoms with Gasteiger partial charge in [-0.15, -0.1) is 6.58 Å². The highest BCUT2D eigenvalue weighted by Crippen LogP contribution is 2.04. The third kappa shape index (κ3) is 4.96. The van der Waals surface area contributed by atoms with Crippen LogP contribution in [-0.2, 0) is 14.3 Å². The summed E-state index contributed by atoms with van der Waals surface area (Å²) in [7, 11) is 0. The Balaban J connectivity index is 4.36. The fourth-order valence-corrected chi connectivity index (χ4v) is 1.20. The van der Waals surface area contributed by atoms with E-state index in [1.165, 1.54) is 11.8 Å². The number of carbonyl (C=O) groups excluding carboxylic acids is 2. The van der Waals surface area contributed by atoms with Crippen molar-refractivity contribution in [1.82, 2.24) is 4.90 Å². The van der Waals surface area contributed by atoms with Crippen molar-refractivity contribution in [3.8, 4) is 0 Å². The second-order valence-corrected chi connectivity index (χ2v) is 4.16. The summed E-state index contributed by atoms with van der Waals surface area (Å²) >= 11 is 0. The highest BCUT2D eigenvalue weighted by molar-refractivity contribution is 5.83. The normalized spacial score (nSPS) is 12.1. The number of carbonyl (C=O) groups is 2. The Morgan fingerprint density at radius 1 is 1.38 bits per heavy atom. The lowest BCUT2D eigenvalue weighted by atomic mass is 10.2. The predicted molar refractivity (Wildman–Crippen MR) is 62.8 cm³/mol. The minimum absolute atomic E-state index is 0.158. The maximum Gasteiger partial charge on any atom is 0.328 e. The molecule has 4 heteroatoms. The SMILES string of the molecule is C=CCN(C(C)=O)C(C)C(=O)OCC(C)C. The Bertz CT molecular complexity index is 261. The van der Waals surface area contributed by atoms with Crippen LogP contribution in [-0.4, -0.2) is 36.0 Å². The molecule has 0 bridgehead atoms. The molecular weight excluding hydrogens is 206 g/mol. The Kier molecular flexibility index (Phi) is 6.46. The maximum atomic E-state index is 11.6. The highest BCUT2D eigenvalue weighted by atomic mass is 16.5. The molecule has 0 N–H and O–H groups in total. The predicted octanol–water partition coefficient (Wildman–Crippen LogP) is 1.61. The smallest absolute Gasteiger partial charge is 0.328 e. The van der Waals surface area contributed by atoms with Crippen molar-refractivity contribution >= 4 is 11.9 Å². The van der Waals surface area contributed by atoms with Gasteiger partial charge < -0.3 is 9.64 Å². The number of hydrogen-bond acceptors (Lipinski definition) is 3. The summed E-state index contributed by atoms with van der Waals surface area (Å²) in [5.41, 5.74) is 0. The van der Waals surface area contributed by atoms with Gasteiger partial charge in [-0.3, -0.25) is 4.79 Å². The summed E-state index contributed by atoms with van der Waals surface area (Å²) in [5.74, 6) is -0.235. The average Bonchev–Trinajstić information content (AvgIpc) is 2.20. The molecule has 0 aliphatic heterocycles. The number of esters is 1. The summed E-state index contributed by atoms with van der Waals surface area (Å²) in [6, 6.07) is -0.561. The Labute approximate surface area is 97.3 Å². The molecule has 1 atom stereocenters. The molecule has 0 fully saturated rings. The van der Waals surface area contributed by atoms with E-state index < -0.39 is 6.04 Å². The molecule has 0 aromatic rings. The molecule has 16 heavy (non-hydrogen) atoms. The molecular formula is C12H21NO3. The summed E-state index contributed by atoms with van der Waals surface area (Å²) in [5, 5.41) is 0. The first-order chi connectivity index (χ1) is 7.40. The molecule has 1 unspecified atom stereocenters. The van der Waals surface area contributed by atoms with Gasteiger partial charge in [-0.1, -0.05) is 19.9 Å². The van der Waals surface area contributed by atoms with E-state index in [2.05, 4.69) is 6.58 Å². The second-order valence-electron chi connectivity index (χ2n) is 4.16. The van der Waals surface area contributed by atoms with E-state index in [0.29, 0.717) is 19.1 Å². The quantitative estimate of drug-likeness (QED) is 0.511. The van der Waals surface area contributed by atoms with Gasteiger partial charge >= 0.3 is 5.97 Å². The van der Waals surface area contributed by atoms with E-state index in [0.717, 1.165) is 0 Å². The maximum absolute atomic E-state index is 11.6. The van der Waals surface area contributed by atoms with Gasteiger partial charge in [0.25, 0.3) is 0 Å². The van der Waals surface area contributed by atoms with E-state index in [4.69, 9.17) is 4.74 Å². The zero-order valence-electron chi connectivity index (χ0n) is 10.5. The van der Waals surface area contributed by atoms with Crippen molar-refractivity contribution in [3.63, 3.8) is 0 Å². The second kappa shape index (κ2) is 7.04. The number of amides is 1. The summed E-state index contributed by atoms with van der Waals surface area (Å²) < 4.78 is 5.08. The fourth-order valence-electron chi connectivity index (χ4n) is 1.20. The molecule has 0 saturated heterocycles. The van der Waals surface area contributed by atoms with E-state index in [1.807, 2.05) is 13.8 Å². The molecule has 1 amide bonds. The number of rotatable bonds is 6.